The Morgan fingerprint density at radius 3 is 3.00 bits per heavy atom. The van der Waals surface area contributed by atoms with Crippen molar-refractivity contribution < 1.29 is 5.11 Å². The van der Waals surface area contributed by atoms with Gasteiger partial charge in [0.1, 0.15) is 0 Å². The van der Waals surface area contributed by atoms with Gasteiger partial charge in [0.25, 0.3) is 0 Å². The van der Waals surface area contributed by atoms with Crippen LogP contribution < -0.4 is 5.73 Å². The van der Waals surface area contributed by atoms with Crippen molar-refractivity contribution in [1.29, 1.82) is 0 Å². The van der Waals surface area contributed by atoms with Crippen LogP contribution in [-0.2, 0) is 6.54 Å². The molecule has 1 rings (SSSR count). The highest BCUT2D eigenvalue weighted by atomic mass is 16.3. The van der Waals surface area contributed by atoms with E-state index in [1.807, 2.05) is 19.2 Å². The highest BCUT2D eigenvalue weighted by Crippen LogP contribution is 2.12. The van der Waals surface area contributed by atoms with Gasteiger partial charge in [-0.15, -0.1) is 0 Å². The second kappa shape index (κ2) is 4.23. The summed E-state index contributed by atoms with van der Waals surface area (Å²) in [7, 11) is 0. The van der Waals surface area contributed by atoms with Crippen molar-refractivity contribution in [3.63, 3.8) is 0 Å². The molecule has 0 aliphatic rings. The summed E-state index contributed by atoms with van der Waals surface area (Å²) in [5, 5.41) is 13.6. The molecule has 1 aromatic rings. The third-order valence-corrected chi connectivity index (χ3v) is 1.77. The molecule has 1 aromatic heterocycles. The Kier molecular flexibility index (Phi) is 3.25. The van der Waals surface area contributed by atoms with Crippen LogP contribution in [0.5, 0.6) is 0 Å². The molecular formula is C8H15N3O. The smallest absolute Gasteiger partial charge is 0.0990 e. The molecule has 0 radical (unpaired) electrons. The van der Waals surface area contributed by atoms with Gasteiger partial charge in [0.05, 0.1) is 11.8 Å². The molecule has 0 unspecified atom stereocenters. The maximum atomic E-state index is 9.47. The summed E-state index contributed by atoms with van der Waals surface area (Å²) in [5.74, 6) is 0. The zero-order chi connectivity index (χ0) is 8.97. The van der Waals surface area contributed by atoms with Crippen LogP contribution in [0.4, 0.5) is 0 Å². The summed E-state index contributed by atoms with van der Waals surface area (Å²) in [4.78, 5) is 0. The van der Waals surface area contributed by atoms with Gasteiger partial charge in [-0.25, -0.2) is 0 Å². The minimum atomic E-state index is -0.511. The van der Waals surface area contributed by atoms with Gasteiger partial charge in [0, 0.05) is 12.7 Å². The van der Waals surface area contributed by atoms with E-state index >= 15 is 0 Å². The molecule has 12 heavy (non-hydrogen) atoms. The molecule has 0 fully saturated rings. The number of nitrogens with two attached hydrogens (primary N) is 1. The predicted molar refractivity (Wildman–Crippen MR) is 46.5 cm³/mol. The molecule has 0 saturated heterocycles. The van der Waals surface area contributed by atoms with E-state index in [1.54, 1.807) is 4.68 Å². The van der Waals surface area contributed by atoms with E-state index in [2.05, 4.69) is 5.10 Å². The lowest BCUT2D eigenvalue weighted by Crippen LogP contribution is -2.07. The fraction of sp³-hybridized carbons (Fsp3) is 0.625. The van der Waals surface area contributed by atoms with Crippen LogP contribution in [0.25, 0.3) is 0 Å². The number of rotatable bonds is 4. The van der Waals surface area contributed by atoms with Gasteiger partial charge in [0.15, 0.2) is 0 Å². The maximum Gasteiger partial charge on any atom is 0.0990 e. The van der Waals surface area contributed by atoms with E-state index in [0.29, 0.717) is 18.7 Å². The lowest BCUT2D eigenvalue weighted by atomic mass is 10.2. The number of aliphatic hydroxyl groups is 1. The van der Waals surface area contributed by atoms with Crippen molar-refractivity contribution in [3.8, 4) is 0 Å². The zero-order valence-electron chi connectivity index (χ0n) is 7.27. The fourth-order valence-corrected chi connectivity index (χ4v) is 1.04. The van der Waals surface area contributed by atoms with Crippen molar-refractivity contribution in [3.05, 3.63) is 18.0 Å². The SMILES string of the molecule is CCn1ccc([C@H](O)CCN)n1. The Hall–Kier alpha value is -0.870. The summed E-state index contributed by atoms with van der Waals surface area (Å²) < 4.78 is 1.79. The van der Waals surface area contributed by atoms with Crippen LogP contribution in [0.2, 0.25) is 0 Å². The summed E-state index contributed by atoms with van der Waals surface area (Å²) >= 11 is 0. The van der Waals surface area contributed by atoms with E-state index in [0.717, 1.165) is 6.54 Å². The average molecular weight is 169 g/mol. The molecule has 0 aliphatic heterocycles. The van der Waals surface area contributed by atoms with Crippen LogP contribution in [0.1, 0.15) is 25.1 Å². The van der Waals surface area contributed by atoms with Gasteiger partial charge in [-0.05, 0) is 26.0 Å². The van der Waals surface area contributed by atoms with E-state index in [4.69, 9.17) is 5.73 Å². The van der Waals surface area contributed by atoms with Gasteiger partial charge in [0.2, 0.25) is 0 Å². The topological polar surface area (TPSA) is 64.1 Å². The first-order valence-corrected chi connectivity index (χ1v) is 4.19. The first kappa shape index (κ1) is 9.22. The van der Waals surface area contributed by atoms with Gasteiger partial charge >= 0.3 is 0 Å². The number of nitrogens with zero attached hydrogens (tertiary/aromatic N) is 2. The quantitative estimate of drug-likeness (QED) is 0.680. The lowest BCUT2D eigenvalue weighted by molar-refractivity contribution is 0.164. The highest BCUT2D eigenvalue weighted by Gasteiger charge is 2.08. The summed E-state index contributed by atoms with van der Waals surface area (Å²) in [6.07, 6.45) is 1.92. The predicted octanol–water partition coefficient (Wildman–Crippen LogP) is 0.285. The first-order chi connectivity index (χ1) is 5.77. The number of aryl methyl sites for hydroxylation is 1. The number of aromatic nitrogens is 2. The van der Waals surface area contributed by atoms with Crippen molar-refractivity contribution in [2.45, 2.75) is 26.0 Å². The van der Waals surface area contributed by atoms with Crippen molar-refractivity contribution in [2.75, 3.05) is 6.54 Å². The molecule has 0 spiro atoms. The minimum absolute atomic E-state index is 0.486. The monoisotopic (exact) mass is 169 g/mol. The minimum Gasteiger partial charge on any atom is -0.387 e. The molecule has 1 heterocycles. The van der Waals surface area contributed by atoms with Crippen LogP contribution >= 0.6 is 0 Å². The summed E-state index contributed by atoms with van der Waals surface area (Å²) in [6.45, 7) is 3.32. The molecule has 68 valence electrons. The largest absolute Gasteiger partial charge is 0.387 e. The average Bonchev–Trinajstić information content (AvgIpc) is 2.52. The van der Waals surface area contributed by atoms with E-state index in [1.165, 1.54) is 0 Å². The number of aliphatic hydroxyl groups excluding tert-OH is 1. The Balaban J connectivity index is 2.61. The van der Waals surface area contributed by atoms with Crippen LogP contribution in [0.3, 0.4) is 0 Å². The fourth-order valence-electron chi connectivity index (χ4n) is 1.04. The molecule has 0 aromatic carbocycles. The third kappa shape index (κ3) is 2.06. The molecule has 0 amide bonds. The lowest BCUT2D eigenvalue weighted by Gasteiger charge is -2.04. The van der Waals surface area contributed by atoms with Gasteiger partial charge in [-0.3, -0.25) is 4.68 Å². The van der Waals surface area contributed by atoms with Crippen molar-refractivity contribution >= 4 is 0 Å². The Bertz CT molecular complexity index is 234. The first-order valence-electron chi connectivity index (χ1n) is 4.19. The van der Waals surface area contributed by atoms with Crippen LogP contribution in [-0.4, -0.2) is 21.4 Å². The Morgan fingerprint density at radius 1 is 1.75 bits per heavy atom. The Morgan fingerprint density at radius 2 is 2.50 bits per heavy atom. The molecule has 0 saturated carbocycles. The molecule has 4 nitrogen and oxygen atoms in total. The van der Waals surface area contributed by atoms with Gasteiger partial charge < -0.3 is 10.8 Å². The molecule has 3 N–H and O–H groups in total. The second-order valence-corrected chi connectivity index (χ2v) is 2.69. The van der Waals surface area contributed by atoms with E-state index in [9.17, 15) is 5.11 Å². The normalized spacial score (nSPS) is 13.2. The van der Waals surface area contributed by atoms with Gasteiger partial charge in [-0.1, -0.05) is 0 Å². The summed E-state index contributed by atoms with van der Waals surface area (Å²) in [5.41, 5.74) is 6.02. The third-order valence-electron chi connectivity index (χ3n) is 1.77. The maximum absolute atomic E-state index is 9.47. The molecule has 0 aliphatic carbocycles. The molecule has 1 atom stereocenters. The molecule has 0 bridgehead atoms. The van der Waals surface area contributed by atoms with E-state index < -0.39 is 6.10 Å². The molecule has 4 heteroatoms. The van der Waals surface area contributed by atoms with Gasteiger partial charge in [-0.2, -0.15) is 5.10 Å². The number of hydrogen-bond acceptors (Lipinski definition) is 3. The van der Waals surface area contributed by atoms with Crippen molar-refractivity contribution in [2.24, 2.45) is 5.73 Å². The standard InChI is InChI=1S/C8H15N3O/c1-2-11-6-4-7(10-11)8(12)3-5-9/h4,6,8,12H,2-3,5,9H2,1H3/t8-/m1/s1. The van der Waals surface area contributed by atoms with Crippen LogP contribution in [0, 0.1) is 0 Å². The second-order valence-electron chi connectivity index (χ2n) is 2.69. The zero-order valence-corrected chi connectivity index (χ0v) is 7.27. The van der Waals surface area contributed by atoms with Crippen molar-refractivity contribution in [1.82, 2.24) is 9.78 Å². The van der Waals surface area contributed by atoms with Crippen LogP contribution in [0.15, 0.2) is 12.3 Å². The Labute approximate surface area is 72.0 Å². The number of hydrogen-bond donors (Lipinski definition) is 2. The summed E-state index contributed by atoms with van der Waals surface area (Å²) in [6, 6.07) is 1.82. The highest BCUT2D eigenvalue weighted by molar-refractivity contribution is 5.02. The molecular weight excluding hydrogens is 154 g/mol. The van der Waals surface area contributed by atoms with E-state index in [-0.39, 0.29) is 0 Å².